The van der Waals surface area contributed by atoms with Crippen LogP contribution in [-0.4, -0.2) is 35.1 Å². The Labute approximate surface area is 225 Å². The second kappa shape index (κ2) is 12.1. The summed E-state index contributed by atoms with van der Waals surface area (Å²) in [5, 5.41) is 2.13. The Hall–Kier alpha value is -3.63. The lowest BCUT2D eigenvalue weighted by atomic mass is 10.1. The van der Waals surface area contributed by atoms with Crippen molar-refractivity contribution in [3.8, 4) is 11.5 Å². The van der Waals surface area contributed by atoms with Crippen molar-refractivity contribution in [2.45, 2.75) is 13.5 Å². The maximum absolute atomic E-state index is 14.0. The number of rotatable bonds is 9. The van der Waals surface area contributed by atoms with Gasteiger partial charge in [-0.05, 0) is 76.6 Å². The first-order chi connectivity index (χ1) is 17.9. The average Bonchev–Trinajstić information content (AvgIpc) is 3.12. The number of thioether (sulfide) groups is 1. The molecule has 1 N–H and O–H groups in total. The van der Waals surface area contributed by atoms with Crippen LogP contribution in [0.5, 0.6) is 11.5 Å². The van der Waals surface area contributed by atoms with Crippen LogP contribution in [-0.2, 0) is 16.2 Å². The SMILES string of the molecule is CCOc1cc(/C=C2\SC(=O)N(CC(=O)Nc3ccccc3)C2=O)cc(Br)c1OCc1ccccc1F. The fourth-order valence-electron chi connectivity index (χ4n) is 3.49. The van der Waals surface area contributed by atoms with E-state index < -0.39 is 23.6 Å². The van der Waals surface area contributed by atoms with Crippen molar-refractivity contribution in [3.63, 3.8) is 0 Å². The number of carbonyl (C=O) groups excluding carboxylic acids is 3. The number of nitrogens with one attached hydrogen (secondary N) is 1. The zero-order valence-corrected chi connectivity index (χ0v) is 22.1. The Balaban J connectivity index is 1.50. The molecule has 1 fully saturated rings. The van der Waals surface area contributed by atoms with Crippen molar-refractivity contribution in [1.29, 1.82) is 0 Å². The number of amides is 3. The van der Waals surface area contributed by atoms with Gasteiger partial charge in [-0.25, -0.2) is 4.39 Å². The molecule has 7 nitrogen and oxygen atoms in total. The first-order valence-corrected chi connectivity index (χ1v) is 12.9. The van der Waals surface area contributed by atoms with Gasteiger partial charge in [0.05, 0.1) is 16.0 Å². The summed E-state index contributed by atoms with van der Waals surface area (Å²) < 4.78 is 26.1. The summed E-state index contributed by atoms with van der Waals surface area (Å²) in [6.45, 7) is 1.76. The maximum Gasteiger partial charge on any atom is 0.294 e. The third kappa shape index (κ3) is 6.58. The predicted molar refractivity (Wildman–Crippen MR) is 144 cm³/mol. The highest BCUT2D eigenvalue weighted by Crippen LogP contribution is 2.39. The fourth-order valence-corrected chi connectivity index (χ4v) is 4.91. The highest BCUT2D eigenvalue weighted by atomic mass is 79.9. The number of nitrogens with zero attached hydrogens (tertiary/aromatic N) is 1. The minimum atomic E-state index is -0.563. The predicted octanol–water partition coefficient (Wildman–Crippen LogP) is 6.24. The Morgan fingerprint density at radius 1 is 1.08 bits per heavy atom. The smallest absolute Gasteiger partial charge is 0.294 e. The molecule has 3 aromatic rings. The van der Waals surface area contributed by atoms with Gasteiger partial charge < -0.3 is 14.8 Å². The Bertz CT molecular complexity index is 1370. The van der Waals surface area contributed by atoms with E-state index in [2.05, 4.69) is 21.2 Å². The highest BCUT2D eigenvalue weighted by Gasteiger charge is 2.36. The molecule has 3 aromatic carbocycles. The molecular weight excluding hydrogens is 563 g/mol. The molecule has 0 bridgehead atoms. The summed E-state index contributed by atoms with van der Waals surface area (Å²) in [5.74, 6) is -0.644. The van der Waals surface area contributed by atoms with Crippen molar-refractivity contribution in [3.05, 3.63) is 93.1 Å². The van der Waals surface area contributed by atoms with Crippen molar-refractivity contribution in [2.24, 2.45) is 0 Å². The van der Waals surface area contributed by atoms with Gasteiger partial charge in [-0.3, -0.25) is 19.3 Å². The number of para-hydroxylation sites is 1. The molecule has 0 saturated carbocycles. The molecule has 1 aliphatic heterocycles. The molecule has 1 saturated heterocycles. The highest BCUT2D eigenvalue weighted by molar-refractivity contribution is 9.10. The van der Waals surface area contributed by atoms with Crippen molar-refractivity contribution in [1.82, 2.24) is 4.90 Å². The zero-order chi connectivity index (χ0) is 26.4. The summed E-state index contributed by atoms with van der Waals surface area (Å²) in [7, 11) is 0. The van der Waals surface area contributed by atoms with Crippen molar-refractivity contribution in [2.75, 3.05) is 18.5 Å². The molecule has 1 heterocycles. The zero-order valence-electron chi connectivity index (χ0n) is 19.7. The standard InChI is InChI=1S/C27H22BrFN2O5S/c1-2-35-22-13-17(12-20(28)25(22)36-16-18-8-6-7-11-21(18)29)14-23-26(33)31(27(34)37-23)15-24(32)30-19-9-4-3-5-10-19/h3-14H,2,15-16H2,1H3,(H,30,32)/b23-14-. The molecule has 0 radical (unpaired) electrons. The molecule has 0 aliphatic carbocycles. The molecule has 1 aliphatic rings. The molecule has 190 valence electrons. The largest absolute Gasteiger partial charge is 0.490 e. The summed E-state index contributed by atoms with van der Waals surface area (Å²) in [6, 6.07) is 18.5. The average molecular weight is 585 g/mol. The van der Waals surface area contributed by atoms with E-state index in [1.54, 1.807) is 60.7 Å². The van der Waals surface area contributed by atoms with Crippen LogP contribution in [0.15, 0.2) is 76.1 Å². The maximum atomic E-state index is 14.0. The normalized spacial score (nSPS) is 14.2. The van der Waals surface area contributed by atoms with Gasteiger partial charge in [0, 0.05) is 11.3 Å². The molecule has 37 heavy (non-hydrogen) atoms. The van der Waals surface area contributed by atoms with Gasteiger partial charge >= 0.3 is 0 Å². The second-order valence-corrected chi connectivity index (χ2v) is 9.67. The van der Waals surface area contributed by atoms with E-state index in [0.29, 0.717) is 39.4 Å². The van der Waals surface area contributed by atoms with Crippen LogP contribution in [0, 0.1) is 5.82 Å². The van der Waals surface area contributed by atoms with Gasteiger partial charge in [-0.1, -0.05) is 36.4 Å². The van der Waals surface area contributed by atoms with E-state index in [-0.39, 0.29) is 17.3 Å². The third-order valence-corrected chi connectivity index (χ3v) is 6.69. The number of benzene rings is 3. The van der Waals surface area contributed by atoms with Gasteiger partial charge in [-0.15, -0.1) is 0 Å². The number of anilines is 1. The topological polar surface area (TPSA) is 84.9 Å². The molecule has 0 unspecified atom stereocenters. The molecule has 3 amide bonds. The summed E-state index contributed by atoms with van der Waals surface area (Å²) in [4.78, 5) is 38.8. The minimum absolute atomic E-state index is 0.00533. The third-order valence-electron chi connectivity index (χ3n) is 5.19. The molecule has 0 spiro atoms. The second-order valence-electron chi connectivity index (χ2n) is 7.83. The lowest BCUT2D eigenvalue weighted by molar-refractivity contribution is -0.127. The molecule has 10 heteroatoms. The van der Waals surface area contributed by atoms with Crippen molar-refractivity contribution < 1.29 is 28.2 Å². The Kier molecular flexibility index (Phi) is 8.62. The van der Waals surface area contributed by atoms with Crippen LogP contribution in [0.1, 0.15) is 18.1 Å². The molecule has 4 rings (SSSR count). The number of imide groups is 1. The van der Waals surface area contributed by atoms with Gasteiger partial charge in [-0.2, -0.15) is 0 Å². The molecular formula is C27H22BrFN2O5S. The van der Waals surface area contributed by atoms with E-state index in [1.807, 2.05) is 13.0 Å². The summed E-state index contributed by atoms with van der Waals surface area (Å²) >= 11 is 4.22. The lowest BCUT2D eigenvalue weighted by Gasteiger charge is -2.15. The number of carbonyl (C=O) groups is 3. The van der Waals surface area contributed by atoms with Gasteiger partial charge in [0.1, 0.15) is 19.0 Å². The Morgan fingerprint density at radius 3 is 2.54 bits per heavy atom. The summed E-state index contributed by atoms with van der Waals surface area (Å²) in [5.41, 5.74) is 1.54. The van der Waals surface area contributed by atoms with Crippen molar-refractivity contribution >= 4 is 56.5 Å². The minimum Gasteiger partial charge on any atom is -0.490 e. The van der Waals surface area contributed by atoms with E-state index >= 15 is 0 Å². The van der Waals surface area contributed by atoms with Crippen LogP contribution in [0.4, 0.5) is 14.9 Å². The summed E-state index contributed by atoms with van der Waals surface area (Å²) in [6.07, 6.45) is 1.55. The lowest BCUT2D eigenvalue weighted by Crippen LogP contribution is -2.36. The van der Waals surface area contributed by atoms with E-state index in [0.717, 1.165) is 16.7 Å². The van der Waals surface area contributed by atoms with E-state index in [4.69, 9.17) is 9.47 Å². The number of hydrogen-bond donors (Lipinski definition) is 1. The number of hydrogen-bond acceptors (Lipinski definition) is 6. The number of halogens is 2. The van der Waals surface area contributed by atoms with Crippen LogP contribution in [0.2, 0.25) is 0 Å². The van der Waals surface area contributed by atoms with Crippen LogP contribution in [0.3, 0.4) is 0 Å². The van der Waals surface area contributed by atoms with Gasteiger partial charge in [0.25, 0.3) is 11.1 Å². The number of ether oxygens (including phenoxy) is 2. The first kappa shape index (κ1) is 26.4. The van der Waals surface area contributed by atoms with Gasteiger partial charge in [0.15, 0.2) is 11.5 Å². The molecule has 0 aromatic heterocycles. The Morgan fingerprint density at radius 2 is 1.81 bits per heavy atom. The quantitative estimate of drug-likeness (QED) is 0.300. The van der Waals surface area contributed by atoms with Crippen LogP contribution in [0.25, 0.3) is 6.08 Å². The van der Waals surface area contributed by atoms with Crippen LogP contribution >= 0.6 is 27.7 Å². The van der Waals surface area contributed by atoms with Crippen LogP contribution < -0.4 is 14.8 Å². The van der Waals surface area contributed by atoms with Gasteiger partial charge in [0.2, 0.25) is 5.91 Å². The molecule has 0 atom stereocenters. The first-order valence-electron chi connectivity index (χ1n) is 11.3. The fraction of sp³-hybridized carbons (Fsp3) is 0.148. The monoisotopic (exact) mass is 584 g/mol. The van der Waals surface area contributed by atoms with E-state index in [1.165, 1.54) is 6.07 Å². The van der Waals surface area contributed by atoms with E-state index in [9.17, 15) is 18.8 Å².